The molecule has 1 aromatic carbocycles. The van der Waals surface area contributed by atoms with Gasteiger partial charge < -0.3 is 0 Å². The molecule has 0 heterocycles. The van der Waals surface area contributed by atoms with Crippen LogP contribution in [0, 0.1) is 6.92 Å². The second-order valence-electron chi connectivity index (χ2n) is 2.31. The van der Waals surface area contributed by atoms with E-state index in [2.05, 4.69) is 15.9 Å². The number of halogens is 3. The van der Waals surface area contributed by atoms with Crippen molar-refractivity contribution in [2.24, 2.45) is 0 Å². The van der Waals surface area contributed by atoms with Crippen LogP contribution in [0.2, 0.25) is 0 Å². The molecule has 3 heteroatoms. The van der Waals surface area contributed by atoms with E-state index in [1.165, 1.54) is 0 Å². The molecule has 0 aliphatic rings. The van der Waals surface area contributed by atoms with E-state index < -0.39 is 3.24 Å². The molecule has 0 fully saturated rings. The molecule has 11 heavy (non-hydrogen) atoms. The second kappa shape index (κ2) is 3.34. The Morgan fingerprint density at radius 1 is 1.27 bits per heavy atom. The third-order valence-electron chi connectivity index (χ3n) is 1.45. The highest BCUT2D eigenvalue weighted by Gasteiger charge is 2.23. The van der Waals surface area contributed by atoms with Crippen molar-refractivity contribution in [2.45, 2.75) is 10.2 Å². The first-order valence-electron chi connectivity index (χ1n) is 3.14. The summed E-state index contributed by atoms with van der Waals surface area (Å²) in [5.74, 6) is 0. The van der Waals surface area contributed by atoms with Crippen molar-refractivity contribution in [1.82, 2.24) is 0 Å². The molecule has 0 saturated heterocycles. The van der Waals surface area contributed by atoms with E-state index in [0.717, 1.165) is 11.1 Å². The first-order valence-corrected chi connectivity index (χ1v) is 4.69. The molecule has 0 N–H and O–H groups in total. The maximum absolute atomic E-state index is 5.85. The minimum absolute atomic E-state index is 0.892. The summed E-state index contributed by atoms with van der Waals surface area (Å²) >= 11 is 14.9. The van der Waals surface area contributed by atoms with Gasteiger partial charge in [0.1, 0.15) is 0 Å². The molecule has 0 nitrogen and oxygen atoms in total. The predicted molar refractivity (Wildman–Crippen MR) is 53.5 cm³/mol. The van der Waals surface area contributed by atoms with E-state index in [-0.39, 0.29) is 0 Å². The van der Waals surface area contributed by atoms with Gasteiger partial charge in [-0.15, -0.1) is 0 Å². The molecule has 0 aliphatic heterocycles. The van der Waals surface area contributed by atoms with Gasteiger partial charge in [-0.1, -0.05) is 47.5 Å². The van der Waals surface area contributed by atoms with E-state index in [9.17, 15) is 0 Å². The number of benzene rings is 1. The van der Waals surface area contributed by atoms with Crippen LogP contribution in [0.15, 0.2) is 24.3 Å². The van der Waals surface area contributed by atoms with Crippen molar-refractivity contribution < 1.29 is 0 Å². The van der Waals surface area contributed by atoms with Gasteiger partial charge in [-0.2, -0.15) is 0 Å². The van der Waals surface area contributed by atoms with Gasteiger partial charge in [-0.25, -0.2) is 0 Å². The van der Waals surface area contributed by atoms with Gasteiger partial charge in [-0.05, 0) is 28.4 Å². The van der Waals surface area contributed by atoms with Crippen molar-refractivity contribution >= 4 is 39.1 Å². The smallest absolute Gasteiger partial charge is 0.0834 e. The lowest BCUT2D eigenvalue weighted by molar-refractivity contribution is 1.22. The van der Waals surface area contributed by atoms with Crippen LogP contribution in [0.3, 0.4) is 0 Å². The highest BCUT2D eigenvalue weighted by atomic mass is 79.9. The van der Waals surface area contributed by atoms with Crippen LogP contribution < -0.4 is 0 Å². The zero-order valence-corrected chi connectivity index (χ0v) is 9.04. The zero-order chi connectivity index (χ0) is 8.48. The highest BCUT2D eigenvalue weighted by Crippen LogP contribution is 2.41. The van der Waals surface area contributed by atoms with Crippen LogP contribution in [-0.2, 0) is 3.24 Å². The van der Waals surface area contributed by atoms with Gasteiger partial charge in [-0.3, -0.25) is 0 Å². The molecular formula is C8H7BrCl2. The number of rotatable bonds is 1. The van der Waals surface area contributed by atoms with Gasteiger partial charge in [0.05, 0.1) is 0 Å². The van der Waals surface area contributed by atoms with E-state index in [0.29, 0.717) is 0 Å². The summed E-state index contributed by atoms with van der Waals surface area (Å²) < 4.78 is -0.960. The summed E-state index contributed by atoms with van der Waals surface area (Å²) in [5.41, 5.74) is 1.97. The van der Waals surface area contributed by atoms with E-state index in [1.807, 2.05) is 31.2 Å². The van der Waals surface area contributed by atoms with Crippen molar-refractivity contribution in [3.63, 3.8) is 0 Å². The third-order valence-corrected chi connectivity index (χ3v) is 2.28. The molecule has 0 spiro atoms. The Balaban J connectivity index is 3.14. The predicted octanol–water partition coefficient (Wildman–Crippen LogP) is 3.98. The number of hydrogen-bond acceptors (Lipinski definition) is 0. The summed E-state index contributed by atoms with van der Waals surface area (Å²) in [6.07, 6.45) is 0. The molecule has 0 aliphatic carbocycles. The number of alkyl halides is 3. The number of hydrogen-bond donors (Lipinski definition) is 0. The van der Waals surface area contributed by atoms with Crippen LogP contribution in [-0.4, -0.2) is 0 Å². The van der Waals surface area contributed by atoms with Crippen LogP contribution in [0.5, 0.6) is 0 Å². The standard InChI is InChI=1S/C8H7BrCl2/c1-6-4-2-3-5-7(6)8(9,10)11/h2-5H,1H3. The average molecular weight is 254 g/mol. The maximum atomic E-state index is 5.85. The SMILES string of the molecule is Cc1ccccc1C(Cl)(Cl)Br. The Morgan fingerprint density at radius 3 is 2.18 bits per heavy atom. The fourth-order valence-electron chi connectivity index (χ4n) is 0.891. The molecule has 60 valence electrons. The molecule has 0 amide bonds. The lowest BCUT2D eigenvalue weighted by atomic mass is 10.1. The van der Waals surface area contributed by atoms with Crippen molar-refractivity contribution in [3.05, 3.63) is 35.4 Å². The molecular weight excluding hydrogens is 247 g/mol. The Morgan fingerprint density at radius 2 is 1.82 bits per heavy atom. The summed E-state index contributed by atoms with van der Waals surface area (Å²) in [5, 5.41) is 0. The van der Waals surface area contributed by atoms with Crippen LogP contribution in [0.1, 0.15) is 11.1 Å². The molecule has 0 saturated carbocycles. The molecule has 0 unspecified atom stereocenters. The number of aryl methyl sites for hydroxylation is 1. The normalized spacial score (nSPS) is 11.6. The van der Waals surface area contributed by atoms with Gasteiger partial charge in [0.15, 0.2) is 3.24 Å². The molecule has 1 rings (SSSR count). The lowest BCUT2D eigenvalue weighted by Gasteiger charge is -2.13. The van der Waals surface area contributed by atoms with Gasteiger partial charge in [0.2, 0.25) is 0 Å². The molecule has 0 bridgehead atoms. The Hall–Kier alpha value is 0.280. The second-order valence-corrected chi connectivity index (χ2v) is 5.74. The van der Waals surface area contributed by atoms with Gasteiger partial charge >= 0.3 is 0 Å². The molecule has 0 atom stereocenters. The van der Waals surface area contributed by atoms with Crippen LogP contribution in [0.25, 0.3) is 0 Å². The monoisotopic (exact) mass is 252 g/mol. The van der Waals surface area contributed by atoms with Gasteiger partial charge in [0.25, 0.3) is 0 Å². The Kier molecular flexibility index (Phi) is 2.84. The topological polar surface area (TPSA) is 0 Å². The fraction of sp³-hybridized carbons (Fsp3) is 0.250. The Labute approximate surface area is 84.6 Å². The maximum Gasteiger partial charge on any atom is 0.197 e. The van der Waals surface area contributed by atoms with Crippen molar-refractivity contribution in [2.75, 3.05) is 0 Å². The lowest BCUT2D eigenvalue weighted by Crippen LogP contribution is -2.01. The zero-order valence-electron chi connectivity index (χ0n) is 5.94. The molecule has 0 radical (unpaired) electrons. The van der Waals surface area contributed by atoms with Crippen LogP contribution in [0.4, 0.5) is 0 Å². The summed E-state index contributed by atoms with van der Waals surface area (Å²) in [7, 11) is 0. The fourth-order valence-corrected chi connectivity index (χ4v) is 1.76. The largest absolute Gasteiger partial charge is 0.197 e. The molecule has 0 aromatic heterocycles. The van der Waals surface area contributed by atoms with Gasteiger partial charge in [0, 0.05) is 5.56 Å². The minimum Gasteiger partial charge on any atom is -0.0834 e. The quantitative estimate of drug-likeness (QED) is 0.665. The molecule has 1 aromatic rings. The first-order chi connectivity index (χ1) is 5.02. The summed E-state index contributed by atoms with van der Waals surface area (Å²) in [6, 6.07) is 7.72. The third kappa shape index (κ3) is 2.36. The summed E-state index contributed by atoms with van der Waals surface area (Å²) in [4.78, 5) is 0. The van der Waals surface area contributed by atoms with E-state index >= 15 is 0 Å². The van der Waals surface area contributed by atoms with Crippen molar-refractivity contribution in [3.8, 4) is 0 Å². The minimum atomic E-state index is -0.960. The van der Waals surface area contributed by atoms with E-state index in [4.69, 9.17) is 23.2 Å². The van der Waals surface area contributed by atoms with Crippen LogP contribution >= 0.6 is 39.1 Å². The van der Waals surface area contributed by atoms with Crippen molar-refractivity contribution in [1.29, 1.82) is 0 Å². The highest BCUT2D eigenvalue weighted by molar-refractivity contribution is 9.10. The first kappa shape index (κ1) is 9.37. The summed E-state index contributed by atoms with van der Waals surface area (Å²) in [6.45, 7) is 1.97. The average Bonchev–Trinajstić information content (AvgIpc) is 1.86. The Bertz CT molecular complexity index is 253. The van der Waals surface area contributed by atoms with E-state index in [1.54, 1.807) is 0 Å².